The first-order chi connectivity index (χ1) is 16.7. The fourth-order valence-corrected chi connectivity index (χ4v) is 4.97. The van der Waals surface area contributed by atoms with Gasteiger partial charge in [-0.1, -0.05) is 35.0 Å². The minimum atomic E-state index is 0.0797. The summed E-state index contributed by atoms with van der Waals surface area (Å²) in [5, 5.41) is 7.92. The van der Waals surface area contributed by atoms with Gasteiger partial charge in [-0.3, -0.25) is 9.69 Å². The molecule has 8 heteroatoms. The van der Waals surface area contributed by atoms with E-state index in [9.17, 15) is 4.79 Å². The molecule has 2 aliphatic rings. The minimum Gasteiger partial charge on any atom is -0.371 e. The fourth-order valence-electron chi connectivity index (χ4n) is 4.84. The molecular weight excluding hydrogens is 450 g/mol. The van der Waals surface area contributed by atoms with Gasteiger partial charge >= 0.3 is 0 Å². The van der Waals surface area contributed by atoms with Crippen molar-refractivity contribution in [3.8, 4) is 11.4 Å². The summed E-state index contributed by atoms with van der Waals surface area (Å²) >= 11 is 5.94. The van der Waals surface area contributed by atoms with Gasteiger partial charge in [0.1, 0.15) is 0 Å². The van der Waals surface area contributed by atoms with E-state index in [0.717, 1.165) is 64.0 Å². The molecule has 0 radical (unpaired) electrons. The Morgan fingerprint density at radius 1 is 1.09 bits per heavy atom. The monoisotopic (exact) mass is 479 g/mol. The highest BCUT2D eigenvalue weighted by Gasteiger charge is 2.26. The fraction of sp³-hybridized carbons (Fsp3) is 0.423. The average molecular weight is 480 g/mol. The molecule has 0 bridgehead atoms. The molecule has 178 valence electrons. The SMILES string of the molecule is O=C(NCCCN1CCc2ccccc21)C1CCN(Cc2nc(-c3ccc(Cl)cc3)no2)CC1. The molecule has 0 atom stereocenters. The van der Waals surface area contributed by atoms with E-state index in [0.29, 0.717) is 23.3 Å². The van der Waals surface area contributed by atoms with E-state index in [1.807, 2.05) is 24.3 Å². The lowest BCUT2D eigenvalue weighted by molar-refractivity contribution is -0.126. The van der Waals surface area contributed by atoms with Crippen LogP contribution in [0.4, 0.5) is 5.69 Å². The Balaban J connectivity index is 1.02. The van der Waals surface area contributed by atoms with Crippen LogP contribution >= 0.6 is 11.6 Å². The summed E-state index contributed by atoms with van der Waals surface area (Å²) in [5.41, 5.74) is 3.66. The number of hydrogen-bond donors (Lipinski definition) is 1. The van der Waals surface area contributed by atoms with Gasteiger partial charge in [0.25, 0.3) is 0 Å². The van der Waals surface area contributed by atoms with Gasteiger partial charge in [-0.25, -0.2) is 0 Å². The Bertz CT molecular complexity index is 1110. The van der Waals surface area contributed by atoms with Crippen molar-refractivity contribution in [2.45, 2.75) is 32.2 Å². The predicted octanol–water partition coefficient (Wildman–Crippen LogP) is 4.17. The Morgan fingerprint density at radius 3 is 2.71 bits per heavy atom. The number of nitrogens with zero attached hydrogens (tertiary/aromatic N) is 4. The summed E-state index contributed by atoms with van der Waals surface area (Å²) < 4.78 is 5.44. The summed E-state index contributed by atoms with van der Waals surface area (Å²) in [6, 6.07) is 16.0. The molecule has 1 N–H and O–H groups in total. The summed E-state index contributed by atoms with van der Waals surface area (Å²) in [6.45, 7) is 5.09. The number of benzene rings is 2. The number of nitrogens with one attached hydrogen (secondary N) is 1. The van der Waals surface area contributed by atoms with Crippen molar-refractivity contribution in [3.63, 3.8) is 0 Å². The van der Waals surface area contributed by atoms with Crippen molar-refractivity contribution in [2.24, 2.45) is 5.92 Å². The number of carbonyl (C=O) groups is 1. The van der Waals surface area contributed by atoms with E-state index in [-0.39, 0.29) is 11.8 Å². The van der Waals surface area contributed by atoms with Crippen molar-refractivity contribution in [1.29, 1.82) is 0 Å². The maximum absolute atomic E-state index is 12.6. The van der Waals surface area contributed by atoms with Crippen LogP contribution in [0.5, 0.6) is 0 Å². The number of amides is 1. The number of para-hydroxylation sites is 1. The lowest BCUT2D eigenvalue weighted by Crippen LogP contribution is -2.40. The number of piperidine rings is 1. The van der Waals surface area contributed by atoms with Crippen molar-refractivity contribution in [3.05, 3.63) is 65.0 Å². The largest absolute Gasteiger partial charge is 0.371 e. The quantitative estimate of drug-likeness (QED) is 0.489. The highest BCUT2D eigenvalue weighted by Crippen LogP contribution is 2.27. The van der Waals surface area contributed by atoms with Crippen LogP contribution in [0, 0.1) is 5.92 Å². The second kappa shape index (κ2) is 10.6. The molecule has 7 nitrogen and oxygen atoms in total. The molecule has 0 spiro atoms. The van der Waals surface area contributed by atoms with Crippen LogP contribution in [0.2, 0.25) is 5.02 Å². The zero-order valence-corrected chi connectivity index (χ0v) is 20.0. The van der Waals surface area contributed by atoms with E-state index in [2.05, 4.69) is 49.5 Å². The number of likely N-dealkylation sites (tertiary alicyclic amines) is 1. The first-order valence-corrected chi connectivity index (χ1v) is 12.4. The molecular formula is C26H30ClN5O2. The number of fused-ring (bicyclic) bond motifs is 1. The maximum atomic E-state index is 12.6. The molecule has 0 aliphatic carbocycles. The van der Waals surface area contributed by atoms with Crippen LogP contribution in [0.15, 0.2) is 53.1 Å². The molecule has 34 heavy (non-hydrogen) atoms. The molecule has 0 saturated carbocycles. The average Bonchev–Trinajstić information content (AvgIpc) is 3.50. The molecule has 1 fully saturated rings. The van der Waals surface area contributed by atoms with E-state index in [1.54, 1.807) is 0 Å². The first kappa shape index (κ1) is 22.9. The first-order valence-electron chi connectivity index (χ1n) is 12.1. The topological polar surface area (TPSA) is 74.5 Å². The molecule has 1 aromatic heterocycles. The minimum absolute atomic E-state index is 0.0797. The normalized spacial score (nSPS) is 16.6. The van der Waals surface area contributed by atoms with Gasteiger partial charge < -0.3 is 14.7 Å². The number of carbonyl (C=O) groups excluding carboxylic acids is 1. The van der Waals surface area contributed by atoms with Crippen molar-refractivity contribution in [2.75, 3.05) is 37.6 Å². The summed E-state index contributed by atoms with van der Waals surface area (Å²) in [5.74, 6) is 1.43. The molecule has 0 unspecified atom stereocenters. The van der Waals surface area contributed by atoms with Crippen LogP contribution in [0.1, 0.15) is 30.7 Å². The third-order valence-corrected chi connectivity index (χ3v) is 7.03. The Morgan fingerprint density at radius 2 is 1.88 bits per heavy atom. The lowest BCUT2D eigenvalue weighted by Gasteiger charge is -2.30. The third kappa shape index (κ3) is 5.42. The molecule has 3 heterocycles. The predicted molar refractivity (Wildman–Crippen MR) is 133 cm³/mol. The number of halogens is 1. The van der Waals surface area contributed by atoms with Gasteiger partial charge in [0.05, 0.1) is 6.54 Å². The Hall–Kier alpha value is -2.90. The van der Waals surface area contributed by atoms with Crippen LogP contribution in [-0.2, 0) is 17.8 Å². The van der Waals surface area contributed by atoms with E-state index in [1.165, 1.54) is 11.3 Å². The van der Waals surface area contributed by atoms with Crippen LogP contribution in [0.3, 0.4) is 0 Å². The zero-order valence-electron chi connectivity index (χ0n) is 19.3. The second-order valence-corrected chi connectivity index (χ2v) is 9.52. The van der Waals surface area contributed by atoms with Crippen LogP contribution in [0.25, 0.3) is 11.4 Å². The van der Waals surface area contributed by atoms with Crippen molar-refractivity contribution >= 4 is 23.2 Å². The van der Waals surface area contributed by atoms with Gasteiger partial charge in [0.2, 0.25) is 17.6 Å². The van der Waals surface area contributed by atoms with Crippen LogP contribution < -0.4 is 10.2 Å². The van der Waals surface area contributed by atoms with Crippen LogP contribution in [-0.4, -0.2) is 53.7 Å². The van der Waals surface area contributed by atoms with Crippen molar-refractivity contribution < 1.29 is 9.32 Å². The zero-order chi connectivity index (χ0) is 23.3. The summed E-state index contributed by atoms with van der Waals surface area (Å²) in [4.78, 5) is 21.9. The maximum Gasteiger partial charge on any atom is 0.241 e. The number of aromatic nitrogens is 2. The van der Waals surface area contributed by atoms with Gasteiger partial charge in [0.15, 0.2) is 0 Å². The highest BCUT2D eigenvalue weighted by atomic mass is 35.5. The molecule has 1 amide bonds. The third-order valence-electron chi connectivity index (χ3n) is 6.78. The van der Waals surface area contributed by atoms with Gasteiger partial charge in [-0.05, 0) is 74.7 Å². The van der Waals surface area contributed by atoms with Gasteiger partial charge in [0, 0.05) is 41.8 Å². The molecule has 2 aliphatic heterocycles. The van der Waals surface area contributed by atoms with Crippen molar-refractivity contribution in [1.82, 2.24) is 20.4 Å². The van der Waals surface area contributed by atoms with Gasteiger partial charge in [-0.2, -0.15) is 4.98 Å². The summed E-state index contributed by atoms with van der Waals surface area (Å²) in [6.07, 6.45) is 3.78. The van der Waals surface area contributed by atoms with E-state index in [4.69, 9.17) is 16.1 Å². The number of hydrogen-bond acceptors (Lipinski definition) is 6. The molecule has 2 aromatic carbocycles. The Labute approximate surface area is 205 Å². The molecule has 5 rings (SSSR count). The lowest BCUT2D eigenvalue weighted by atomic mass is 9.96. The highest BCUT2D eigenvalue weighted by molar-refractivity contribution is 6.30. The molecule has 1 saturated heterocycles. The standard InChI is InChI=1S/C26H30ClN5O2/c27-22-8-6-20(7-9-22)25-29-24(34-30-25)18-31-15-10-21(11-16-31)26(33)28-13-3-14-32-17-12-19-4-1-2-5-23(19)32/h1-2,4-9,21H,3,10-18H2,(H,28,33). The number of anilines is 1. The van der Waals surface area contributed by atoms with E-state index >= 15 is 0 Å². The smallest absolute Gasteiger partial charge is 0.241 e. The number of rotatable bonds is 8. The van der Waals surface area contributed by atoms with E-state index < -0.39 is 0 Å². The summed E-state index contributed by atoms with van der Waals surface area (Å²) in [7, 11) is 0. The van der Waals surface area contributed by atoms with Gasteiger partial charge in [-0.15, -0.1) is 0 Å². The second-order valence-electron chi connectivity index (χ2n) is 9.08. The Kier molecular flexibility index (Phi) is 7.11. The molecule has 3 aromatic rings.